The summed E-state index contributed by atoms with van der Waals surface area (Å²) in [5.41, 5.74) is 2.55. The Morgan fingerprint density at radius 1 is 0.967 bits per heavy atom. The van der Waals surface area contributed by atoms with Gasteiger partial charge in [0.05, 0.1) is 19.9 Å². The van der Waals surface area contributed by atoms with E-state index < -0.39 is 0 Å². The van der Waals surface area contributed by atoms with Crippen LogP contribution in [0.3, 0.4) is 0 Å². The molecule has 6 nitrogen and oxygen atoms in total. The van der Waals surface area contributed by atoms with Gasteiger partial charge in [-0.3, -0.25) is 0 Å². The van der Waals surface area contributed by atoms with Crippen LogP contribution in [0.5, 0.6) is 11.5 Å². The molecule has 4 rings (SSSR count). The van der Waals surface area contributed by atoms with Gasteiger partial charge >= 0.3 is 0 Å². The first-order valence-corrected chi connectivity index (χ1v) is 9.99. The minimum absolute atomic E-state index is 0.260. The van der Waals surface area contributed by atoms with Gasteiger partial charge in [-0.15, -0.1) is 10.2 Å². The summed E-state index contributed by atoms with van der Waals surface area (Å²) in [4.78, 5) is 2.24. The van der Waals surface area contributed by atoms with E-state index >= 15 is 0 Å². The van der Waals surface area contributed by atoms with Gasteiger partial charge in [-0.05, 0) is 49.2 Å². The molecule has 1 aliphatic rings. The third-order valence-corrected chi connectivity index (χ3v) is 5.26. The van der Waals surface area contributed by atoms with Crippen molar-refractivity contribution < 1.29 is 13.9 Å². The highest BCUT2D eigenvalue weighted by Gasteiger charge is 2.21. The zero-order valence-corrected chi connectivity index (χ0v) is 17.1. The minimum atomic E-state index is -0.260. The van der Waals surface area contributed by atoms with Gasteiger partial charge in [0.25, 0.3) is 0 Å². The lowest BCUT2D eigenvalue weighted by Crippen LogP contribution is -2.42. The van der Waals surface area contributed by atoms with E-state index in [-0.39, 0.29) is 11.9 Å². The molecular formula is C23H25FN4O2. The van der Waals surface area contributed by atoms with Crippen molar-refractivity contribution in [3.05, 3.63) is 60.4 Å². The third-order valence-electron chi connectivity index (χ3n) is 5.26. The lowest BCUT2D eigenvalue weighted by Gasteiger charge is -2.34. The number of hydrogen-bond acceptors (Lipinski definition) is 6. The summed E-state index contributed by atoms with van der Waals surface area (Å²) in [6.45, 7) is 1.76. The molecule has 1 unspecified atom stereocenters. The molecule has 7 heteroatoms. The van der Waals surface area contributed by atoms with E-state index in [0.717, 1.165) is 60.2 Å². The highest BCUT2D eigenvalue weighted by atomic mass is 19.1. The Bertz CT molecular complexity index is 957. The molecule has 3 aromatic rings. The molecule has 0 radical (unpaired) electrons. The van der Waals surface area contributed by atoms with Crippen LogP contribution in [0.1, 0.15) is 12.8 Å². The number of rotatable bonds is 6. The summed E-state index contributed by atoms with van der Waals surface area (Å²) in [5.74, 6) is 2.10. The van der Waals surface area contributed by atoms with Crippen molar-refractivity contribution in [2.24, 2.45) is 0 Å². The van der Waals surface area contributed by atoms with Crippen molar-refractivity contribution in [3.63, 3.8) is 0 Å². The predicted octanol–water partition coefficient (Wildman–Crippen LogP) is 4.38. The molecular weight excluding hydrogens is 383 g/mol. The molecule has 1 fully saturated rings. The maximum absolute atomic E-state index is 13.1. The van der Waals surface area contributed by atoms with Gasteiger partial charge in [0.1, 0.15) is 17.3 Å². The fourth-order valence-corrected chi connectivity index (χ4v) is 3.70. The van der Waals surface area contributed by atoms with Gasteiger partial charge < -0.3 is 19.7 Å². The molecule has 0 bridgehead atoms. The highest BCUT2D eigenvalue weighted by molar-refractivity contribution is 5.60. The molecule has 2 heterocycles. The van der Waals surface area contributed by atoms with Crippen molar-refractivity contribution in [1.29, 1.82) is 0 Å². The van der Waals surface area contributed by atoms with Crippen molar-refractivity contribution in [2.45, 2.75) is 18.9 Å². The quantitative estimate of drug-likeness (QED) is 0.653. The van der Waals surface area contributed by atoms with Crippen LogP contribution in [-0.4, -0.2) is 43.5 Å². The number of methoxy groups -OCH3 is 2. The van der Waals surface area contributed by atoms with E-state index in [4.69, 9.17) is 9.47 Å². The molecule has 2 aromatic carbocycles. The SMILES string of the molecule is COc1cc(NC2CCCN(c3ccc(-c4ccc(F)cc4)nn3)C2)cc(OC)c1. The first-order chi connectivity index (χ1) is 14.6. The number of halogens is 1. The Balaban J connectivity index is 1.44. The monoisotopic (exact) mass is 408 g/mol. The van der Waals surface area contributed by atoms with Crippen LogP contribution in [0.15, 0.2) is 54.6 Å². The largest absolute Gasteiger partial charge is 0.497 e. The number of ether oxygens (including phenoxy) is 2. The zero-order valence-electron chi connectivity index (χ0n) is 17.1. The fraction of sp³-hybridized carbons (Fsp3) is 0.304. The summed E-state index contributed by atoms with van der Waals surface area (Å²) in [6, 6.07) is 16.3. The lowest BCUT2D eigenvalue weighted by atomic mass is 10.0. The summed E-state index contributed by atoms with van der Waals surface area (Å²) in [6.07, 6.45) is 2.12. The van der Waals surface area contributed by atoms with Gasteiger partial charge in [0, 0.05) is 48.6 Å². The Kier molecular flexibility index (Phi) is 5.97. The Labute approximate surface area is 175 Å². The van der Waals surface area contributed by atoms with Crippen LogP contribution in [0.4, 0.5) is 15.9 Å². The van der Waals surface area contributed by atoms with Gasteiger partial charge in [-0.2, -0.15) is 0 Å². The summed E-state index contributed by atoms with van der Waals surface area (Å²) in [5, 5.41) is 12.3. The second-order valence-electron chi connectivity index (χ2n) is 7.31. The van der Waals surface area contributed by atoms with Crippen molar-refractivity contribution in [1.82, 2.24) is 10.2 Å². The van der Waals surface area contributed by atoms with Crippen LogP contribution in [0, 0.1) is 5.82 Å². The number of benzene rings is 2. The standard InChI is InChI=1S/C23H25FN4O2/c1-29-20-12-19(13-21(14-20)30-2)25-18-4-3-11-28(15-18)23-10-9-22(26-27-23)16-5-7-17(24)8-6-16/h5-10,12-14,18,25H,3-4,11,15H2,1-2H3. The summed E-state index contributed by atoms with van der Waals surface area (Å²) >= 11 is 0. The number of nitrogens with zero attached hydrogens (tertiary/aromatic N) is 3. The molecule has 156 valence electrons. The van der Waals surface area contributed by atoms with Crippen LogP contribution < -0.4 is 19.7 Å². The maximum Gasteiger partial charge on any atom is 0.151 e. The first-order valence-electron chi connectivity index (χ1n) is 9.99. The minimum Gasteiger partial charge on any atom is -0.497 e. The average Bonchev–Trinajstić information content (AvgIpc) is 2.79. The average molecular weight is 408 g/mol. The van der Waals surface area contributed by atoms with Crippen LogP contribution >= 0.6 is 0 Å². The Hall–Kier alpha value is -3.35. The van der Waals surface area contributed by atoms with E-state index in [2.05, 4.69) is 20.4 Å². The first kappa shape index (κ1) is 19.9. The predicted molar refractivity (Wildman–Crippen MR) is 116 cm³/mol. The molecule has 30 heavy (non-hydrogen) atoms. The number of hydrogen-bond donors (Lipinski definition) is 1. The van der Waals surface area contributed by atoms with Crippen LogP contribution in [0.25, 0.3) is 11.3 Å². The molecule has 1 aliphatic heterocycles. The Morgan fingerprint density at radius 3 is 2.33 bits per heavy atom. The van der Waals surface area contributed by atoms with Crippen molar-refractivity contribution >= 4 is 11.5 Å². The normalized spacial score (nSPS) is 16.2. The van der Waals surface area contributed by atoms with Crippen LogP contribution in [0.2, 0.25) is 0 Å². The van der Waals surface area contributed by atoms with Gasteiger partial charge in [-0.25, -0.2) is 4.39 Å². The number of piperidine rings is 1. The number of aromatic nitrogens is 2. The fourth-order valence-electron chi connectivity index (χ4n) is 3.70. The van der Waals surface area contributed by atoms with Gasteiger partial charge in [0.2, 0.25) is 0 Å². The molecule has 1 aromatic heterocycles. The maximum atomic E-state index is 13.1. The molecule has 0 aliphatic carbocycles. The molecule has 0 saturated carbocycles. The lowest BCUT2D eigenvalue weighted by molar-refractivity contribution is 0.394. The smallest absolute Gasteiger partial charge is 0.151 e. The molecule has 1 atom stereocenters. The second-order valence-corrected chi connectivity index (χ2v) is 7.31. The van der Waals surface area contributed by atoms with E-state index in [1.54, 1.807) is 26.4 Å². The zero-order chi connectivity index (χ0) is 20.9. The van der Waals surface area contributed by atoms with Crippen molar-refractivity contribution in [3.8, 4) is 22.8 Å². The molecule has 0 spiro atoms. The van der Waals surface area contributed by atoms with E-state index in [0.29, 0.717) is 0 Å². The number of nitrogens with one attached hydrogen (secondary N) is 1. The van der Waals surface area contributed by atoms with Gasteiger partial charge in [0.15, 0.2) is 5.82 Å². The number of anilines is 2. The Morgan fingerprint density at radius 2 is 1.70 bits per heavy atom. The molecule has 0 amide bonds. The topological polar surface area (TPSA) is 59.5 Å². The molecule has 1 N–H and O–H groups in total. The summed E-state index contributed by atoms with van der Waals surface area (Å²) in [7, 11) is 3.30. The summed E-state index contributed by atoms with van der Waals surface area (Å²) < 4.78 is 23.8. The molecule has 1 saturated heterocycles. The second kappa shape index (κ2) is 8.98. The van der Waals surface area contributed by atoms with E-state index in [1.807, 2.05) is 30.3 Å². The highest BCUT2D eigenvalue weighted by Crippen LogP contribution is 2.28. The van der Waals surface area contributed by atoms with Gasteiger partial charge in [-0.1, -0.05) is 0 Å². The van der Waals surface area contributed by atoms with Crippen LogP contribution in [-0.2, 0) is 0 Å². The van der Waals surface area contributed by atoms with E-state index in [1.165, 1.54) is 12.1 Å². The van der Waals surface area contributed by atoms with E-state index in [9.17, 15) is 4.39 Å². The van der Waals surface area contributed by atoms with Crippen molar-refractivity contribution in [2.75, 3.05) is 37.5 Å². The third kappa shape index (κ3) is 4.62.